The molecule has 2 rings (SSSR count). The lowest BCUT2D eigenvalue weighted by Crippen LogP contribution is -2.43. The summed E-state index contributed by atoms with van der Waals surface area (Å²) in [6.07, 6.45) is 8.86. The Labute approximate surface area is 140 Å². The Morgan fingerprint density at radius 1 is 1.32 bits per heavy atom. The molecule has 0 aromatic rings. The molecule has 2 N–H and O–H groups in total. The van der Waals surface area contributed by atoms with Gasteiger partial charge < -0.3 is 15.5 Å². The van der Waals surface area contributed by atoms with Gasteiger partial charge in [-0.2, -0.15) is 11.8 Å². The van der Waals surface area contributed by atoms with E-state index >= 15 is 0 Å². The Balaban J connectivity index is 1.74. The fraction of sp³-hybridized carbons (Fsp3) is 0.941. The first-order valence-electron chi connectivity index (χ1n) is 9.01. The zero-order valence-corrected chi connectivity index (χ0v) is 15.4. The van der Waals surface area contributed by atoms with Gasteiger partial charge >= 0.3 is 0 Å². The summed E-state index contributed by atoms with van der Waals surface area (Å²) >= 11 is 2.01. The smallest absolute Gasteiger partial charge is 0.191 e. The largest absolute Gasteiger partial charge is 0.357 e. The maximum absolute atomic E-state index is 4.79. The highest BCUT2D eigenvalue weighted by Gasteiger charge is 2.24. The van der Waals surface area contributed by atoms with Crippen molar-refractivity contribution in [1.29, 1.82) is 0 Å². The van der Waals surface area contributed by atoms with Crippen molar-refractivity contribution >= 4 is 17.7 Å². The molecule has 0 radical (unpaired) electrons. The molecule has 2 aliphatic rings. The van der Waals surface area contributed by atoms with Gasteiger partial charge in [-0.05, 0) is 57.7 Å². The fourth-order valence-corrected chi connectivity index (χ4v) is 4.39. The normalized spacial score (nSPS) is 30.5. The minimum absolute atomic E-state index is 0.602. The molecule has 0 aromatic carbocycles. The molecule has 0 bridgehead atoms. The van der Waals surface area contributed by atoms with Gasteiger partial charge in [0.05, 0.1) is 6.54 Å². The lowest BCUT2D eigenvalue weighted by atomic mass is 10.0. The average molecular weight is 327 g/mol. The van der Waals surface area contributed by atoms with Crippen LogP contribution in [0.15, 0.2) is 4.99 Å². The van der Waals surface area contributed by atoms with Crippen LogP contribution in [-0.4, -0.2) is 61.1 Å². The van der Waals surface area contributed by atoms with Crippen LogP contribution in [0.25, 0.3) is 0 Å². The molecule has 3 atom stereocenters. The minimum atomic E-state index is 0.602. The van der Waals surface area contributed by atoms with Crippen LogP contribution in [0, 0.1) is 5.92 Å². The maximum atomic E-state index is 4.79. The van der Waals surface area contributed by atoms with Crippen LogP contribution in [0.4, 0.5) is 0 Å². The summed E-state index contributed by atoms with van der Waals surface area (Å²) in [5.74, 6) is 1.87. The quantitative estimate of drug-likeness (QED) is 0.581. The zero-order valence-electron chi connectivity index (χ0n) is 14.6. The number of hydrogen-bond acceptors (Lipinski definition) is 3. The lowest BCUT2D eigenvalue weighted by molar-refractivity contribution is 0.189. The second kappa shape index (κ2) is 9.66. The second-order valence-corrected chi connectivity index (χ2v) is 7.96. The summed E-state index contributed by atoms with van der Waals surface area (Å²) < 4.78 is 0. The molecular formula is C17H34N4S. The molecule has 2 fully saturated rings. The first kappa shape index (κ1) is 17.9. The van der Waals surface area contributed by atoms with Crippen molar-refractivity contribution in [3.05, 3.63) is 0 Å². The van der Waals surface area contributed by atoms with Crippen molar-refractivity contribution in [2.24, 2.45) is 10.9 Å². The third kappa shape index (κ3) is 5.99. The topological polar surface area (TPSA) is 39.7 Å². The van der Waals surface area contributed by atoms with E-state index < -0.39 is 0 Å². The molecule has 3 unspecified atom stereocenters. The Hall–Kier alpha value is -0.420. The van der Waals surface area contributed by atoms with E-state index in [2.05, 4.69) is 35.6 Å². The summed E-state index contributed by atoms with van der Waals surface area (Å²) in [5, 5.41) is 7.87. The molecule has 5 heteroatoms. The van der Waals surface area contributed by atoms with Gasteiger partial charge in [-0.1, -0.05) is 6.92 Å². The number of piperidine rings is 1. The van der Waals surface area contributed by atoms with Gasteiger partial charge in [0.25, 0.3) is 0 Å². The Morgan fingerprint density at radius 3 is 2.86 bits per heavy atom. The molecule has 22 heavy (non-hydrogen) atoms. The van der Waals surface area contributed by atoms with Crippen molar-refractivity contribution in [2.45, 2.75) is 57.2 Å². The molecule has 1 saturated carbocycles. The molecule has 128 valence electrons. The minimum Gasteiger partial charge on any atom is -0.357 e. The summed E-state index contributed by atoms with van der Waals surface area (Å²) in [4.78, 5) is 7.36. The standard InChI is InChI=1S/C17H34N4S/c1-4-18-17(20-15-7-8-16(12-15)22-3)19-9-11-21-10-5-6-14(2)13-21/h14-16H,4-13H2,1-3H3,(H2,18,19,20). The first-order chi connectivity index (χ1) is 10.7. The molecule has 4 nitrogen and oxygen atoms in total. The number of likely N-dealkylation sites (tertiary alicyclic amines) is 1. The summed E-state index contributed by atoms with van der Waals surface area (Å²) in [6, 6.07) is 0.602. The van der Waals surface area contributed by atoms with Crippen LogP contribution in [0.1, 0.15) is 46.0 Å². The number of aliphatic imine (C=N–C) groups is 1. The van der Waals surface area contributed by atoms with E-state index in [-0.39, 0.29) is 0 Å². The van der Waals surface area contributed by atoms with E-state index in [1.807, 2.05) is 11.8 Å². The van der Waals surface area contributed by atoms with Crippen molar-refractivity contribution < 1.29 is 0 Å². The zero-order chi connectivity index (χ0) is 15.8. The van der Waals surface area contributed by atoms with Crippen LogP contribution in [-0.2, 0) is 0 Å². The maximum Gasteiger partial charge on any atom is 0.191 e. The van der Waals surface area contributed by atoms with Gasteiger partial charge in [-0.15, -0.1) is 0 Å². The third-order valence-corrected chi connectivity index (χ3v) is 5.93. The molecular weight excluding hydrogens is 292 g/mol. The SMILES string of the molecule is CCNC(=NCCN1CCCC(C)C1)NC1CCC(SC)C1. The Kier molecular flexibility index (Phi) is 7.87. The summed E-state index contributed by atoms with van der Waals surface area (Å²) in [5.41, 5.74) is 0. The van der Waals surface area contributed by atoms with Crippen LogP contribution in [0.2, 0.25) is 0 Å². The van der Waals surface area contributed by atoms with Gasteiger partial charge in [0.2, 0.25) is 0 Å². The number of nitrogens with one attached hydrogen (secondary N) is 2. The van der Waals surface area contributed by atoms with Gasteiger partial charge in [-0.25, -0.2) is 0 Å². The Morgan fingerprint density at radius 2 is 2.18 bits per heavy atom. The number of nitrogens with zero attached hydrogens (tertiary/aromatic N) is 2. The van der Waals surface area contributed by atoms with Crippen LogP contribution in [0.3, 0.4) is 0 Å². The van der Waals surface area contributed by atoms with Gasteiger partial charge in [0.1, 0.15) is 0 Å². The summed E-state index contributed by atoms with van der Waals surface area (Å²) in [7, 11) is 0. The van der Waals surface area contributed by atoms with E-state index in [0.29, 0.717) is 6.04 Å². The van der Waals surface area contributed by atoms with Crippen molar-refractivity contribution in [3.8, 4) is 0 Å². The highest BCUT2D eigenvalue weighted by Crippen LogP contribution is 2.28. The first-order valence-corrected chi connectivity index (χ1v) is 10.3. The summed E-state index contributed by atoms with van der Waals surface area (Å²) in [6.45, 7) is 9.94. The van der Waals surface area contributed by atoms with E-state index in [0.717, 1.165) is 36.8 Å². The van der Waals surface area contributed by atoms with E-state index in [1.54, 1.807) is 0 Å². The lowest BCUT2D eigenvalue weighted by Gasteiger charge is -2.30. The molecule has 1 saturated heterocycles. The van der Waals surface area contributed by atoms with E-state index in [9.17, 15) is 0 Å². The molecule has 1 aliphatic carbocycles. The number of thioether (sulfide) groups is 1. The van der Waals surface area contributed by atoms with Gasteiger partial charge in [0, 0.05) is 30.9 Å². The van der Waals surface area contributed by atoms with Crippen molar-refractivity contribution in [2.75, 3.05) is 39.0 Å². The molecule has 0 aromatic heterocycles. The second-order valence-electron chi connectivity index (χ2n) is 6.82. The Bertz CT molecular complexity index is 348. The third-order valence-electron chi connectivity index (χ3n) is 4.83. The van der Waals surface area contributed by atoms with Gasteiger partial charge in [-0.3, -0.25) is 4.99 Å². The van der Waals surface area contributed by atoms with Crippen LogP contribution in [0.5, 0.6) is 0 Å². The molecule has 0 spiro atoms. The number of hydrogen-bond donors (Lipinski definition) is 2. The van der Waals surface area contributed by atoms with E-state index in [4.69, 9.17) is 4.99 Å². The highest BCUT2D eigenvalue weighted by atomic mass is 32.2. The van der Waals surface area contributed by atoms with E-state index in [1.165, 1.54) is 45.2 Å². The predicted octanol–water partition coefficient (Wildman–Crippen LogP) is 2.56. The average Bonchev–Trinajstić information content (AvgIpc) is 2.95. The number of rotatable bonds is 6. The number of guanidine groups is 1. The fourth-order valence-electron chi connectivity index (χ4n) is 3.59. The molecule has 1 aliphatic heterocycles. The molecule has 0 amide bonds. The molecule has 1 heterocycles. The predicted molar refractivity (Wildman–Crippen MR) is 98.9 cm³/mol. The highest BCUT2D eigenvalue weighted by molar-refractivity contribution is 7.99. The van der Waals surface area contributed by atoms with Crippen LogP contribution < -0.4 is 10.6 Å². The van der Waals surface area contributed by atoms with Crippen LogP contribution >= 0.6 is 11.8 Å². The van der Waals surface area contributed by atoms with Crippen molar-refractivity contribution in [1.82, 2.24) is 15.5 Å². The van der Waals surface area contributed by atoms with Gasteiger partial charge in [0.15, 0.2) is 5.96 Å². The monoisotopic (exact) mass is 326 g/mol. The van der Waals surface area contributed by atoms with Crippen molar-refractivity contribution in [3.63, 3.8) is 0 Å².